The fraction of sp³-hybridized carbons (Fsp3) is 0.525. The van der Waals surface area contributed by atoms with Crippen LogP contribution >= 0.6 is 0 Å². The molecule has 8 heteroatoms. The summed E-state index contributed by atoms with van der Waals surface area (Å²) in [5, 5.41) is 0. The Labute approximate surface area is 659 Å². The van der Waals surface area contributed by atoms with E-state index in [1.807, 2.05) is 97.1 Å². The van der Waals surface area contributed by atoms with Crippen molar-refractivity contribution in [2.45, 2.75) is 301 Å². The van der Waals surface area contributed by atoms with Gasteiger partial charge in [-0.1, -0.05) is 286 Å². The lowest BCUT2D eigenvalue weighted by Gasteiger charge is -2.44. The molecule has 4 aliphatic rings. The molecule has 0 radical (unpaired) electrons. The molecule has 0 unspecified atom stereocenters. The maximum Gasteiger partial charge on any atom is 0.129 e. The second-order valence-corrected chi connectivity index (χ2v) is 33.9. The molecular formula is C101H138N4O4. The first-order valence-corrected chi connectivity index (χ1v) is 44.1. The van der Waals surface area contributed by atoms with Crippen LogP contribution in [0.4, 0.5) is 22.7 Å². The molecule has 0 aromatic heterocycles. The first-order valence-electron chi connectivity index (χ1n) is 44.1. The highest BCUT2D eigenvalue weighted by molar-refractivity contribution is 5.52. The Morgan fingerprint density at radius 3 is 0.670 bits per heavy atom. The molecule has 8 nitrogen and oxygen atoms in total. The van der Waals surface area contributed by atoms with E-state index in [9.17, 15) is 0 Å². The summed E-state index contributed by atoms with van der Waals surface area (Å²) in [6.07, 6.45) is 60.4. The van der Waals surface area contributed by atoms with Gasteiger partial charge < -0.3 is 41.9 Å². The fourth-order valence-electron chi connectivity index (χ4n) is 19.5. The topological polar surface area (TPSA) is 141 Å². The molecule has 0 aliphatic heterocycles. The lowest BCUT2D eigenvalue weighted by Crippen LogP contribution is -2.35. The minimum absolute atomic E-state index is 0.0340. The number of nitrogens with two attached hydrogens (primary N) is 4. The SMILES string of the molecule is CCCCCCCCCCCCCCC1CCC(C2CCC(c3ccc(Oc4cccc(N)c4)cc3)(c3ccc(Oc4cccc(N)c4)cc3)CC2)CC1.CCCCCCCCCCCCCCCC1CCC(C2CCC(c3ccc(Oc4cccc(N)c4)cc3)(c3ccc(Oc4cccc(N)c4)cc3)CC2)CC1. The van der Waals surface area contributed by atoms with Crippen molar-refractivity contribution in [1.29, 1.82) is 0 Å². The molecule has 8 aromatic carbocycles. The van der Waals surface area contributed by atoms with Crippen molar-refractivity contribution in [3.8, 4) is 46.0 Å². The lowest BCUT2D eigenvalue weighted by atomic mass is 9.60. The number of ether oxygens (including phenoxy) is 4. The number of unbranched alkanes of at least 4 members (excludes halogenated alkanes) is 23. The standard InChI is InChI=1S/C51H70N2O2.C50H68N2O2/c1-2-3-4-5-6-7-8-9-10-11-12-13-14-17-40-22-24-41(25-23-40)42-34-36-51(37-35-42,43-26-30-47(31-27-43)54-49-20-15-18-45(52)38-49)44-28-32-48(33-29-44)55-50-21-16-19-46(53)39-50;1-2-3-4-5-6-7-8-9-10-11-12-13-16-39-21-23-40(24-22-39)41-33-35-50(36-34-41,42-25-29-46(30-26-42)53-48-19-14-17-44(51)37-48)43-27-31-47(32-28-43)54-49-20-15-18-45(52)38-49/h15-16,18-21,26-33,38-42H,2-14,17,22-25,34-37,52-53H2,1H3;14-15,17-20,25-32,37-41H,2-13,16,21-24,33-36,51-52H2,1H3. The van der Waals surface area contributed by atoms with E-state index in [1.54, 1.807) is 0 Å². The quantitative estimate of drug-likeness (QED) is 0.0219. The van der Waals surface area contributed by atoms with Crippen molar-refractivity contribution in [2.24, 2.45) is 35.5 Å². The smallest absolute Gasteiger partial charge is 0.129 e. The predicted molar refractivity (Wildman–Crippen MR) is 462 cm³/mol. The summed E-state index contributed by atoms with van der Waals surface area (Å²) in [5.41, 5.74) is 32.3. The van der Waals surface area contributed by atoms with Gasteiger partial charge in [0.2, 0.25) is 0 Å². The summed E-state index contributed by atoms with van der Waals surface area (Å²) >= 11 is 0. The normalized spacial score (nSPS) is 18.6. The van der Waals surface area contributed by atoms with Crippen LogP contribution in [0.1, 0.15) is 312 Å². The van der Waals surface area contributed by atoms with Gasteiger partial charge in [0.25, 0.3) is 0 Å². The second kappa shape index (κ2) is 44.3. The summed E-state index contributed by atoms with van der Waals surface area (Å²) < 4.78 is 24.8. The molecule has 4 fully saturated rings. The molecule has 0 spiro atoms. The van der Waals surface area contributed by atoms with Crippen molar-refractivity contribution in [2.75, 3.05) is 22.9 Å². The third-order valence-electron chi connectivity index (χ3n) is 26.1. The van der Waals surface area contributed by atoms with E-state index in [0.29, 0.717) is 22.7 Å². The molecule has 586 valence electrons. The van der Waals surface area contributed by atoms with Crippen molar-refractivity contribution in [3.63, 3.8) is 0 Å². The maximum atomic E-state index is 6.19. The Balaban J connectivity index is 0.000000217. The van der Waals surface area contributed by atoms with Gasteiger partial charge in [-0.15, -0.1) is 0 Å². The highest BCUT2D eigenvalue weighted by Gasteiger charge is 2.43. The Bertz CT molecular complexity index is 3630. The lowest BCUT2D eigenvalue weighted by molar-refractivity contribution is 0.140. The first-order chi connectivity index (χ1) is 53.5. The van der Waals surface area contributed by atoms with Crippen LogP contribution in [0.15, 0.2) is 194 Å². The molecule has 8 aromatic rings. The van der Waals surface area contributed by atoms with Crippen LogP contribution in [0.3, 0.4) is 0 Å². The molecule has 8 N–H and O–H groups in total. The zero-order valence-electron chi connectivity index (χ0n) is 67.3. The number of rotatable bonds is 41. The van der Waals surface area contributed by atoms with Crippen LogP contribution in [0.2, 0.25) is 0 Å². The van der Waals surface area contributed by atoms with Crippen LogP contribution in [0.5, 0.6) is 46.0 Å². The fourth-order valence-corrected chi connectivity index (χ4v) is 19.5. The minimum atomic E-state index is -0.0344. The average molecular weight is 1470 g/mol. The van der Waals surface area contributed by atoms with E-state index in [-0.39, 0.29) is 10.8 Å². The number of hydrogen-bond donors (Lipinski definition) is 4. The highest BCUT2D eigenvalue weighted by atomic mass is 16.5. The monoisotopic (exact) mass is 1470 g/mol. The minimum Gasteiger partial charge on any atom is -0.457 e. The molecule has 109 heavy (non-hydrogen) atoms. The summed E-state index contributed by atoms with van der Waals surface area (Å²) in [6, 6.07) is 65.9. The van der Waals surface area contributed by atoms with E-state index in [2.05, 4.69) is 111 Å². The highest BCUT2D eigenvalue weighted by Crippen LogP contribution is 2.53. The molecule has 4 saturated carbocycles. The van der Waals surface area contributed by atoms with Crippen LogP contribution < -0.4 is 41.9 Å². The average Bonchev–Trinajstić information content (AvgIpc) is 0.766. The van der Waals surface area contributed by atoms with Gasteiger partial charge in [0, 0.05) is 57.8 Å². The molecule has 0 heterocycles. The Morgan fingerprint density at radius 2 is 0.450 bits per heavy atom. The van der Waals surface area contributed by atoms with E-state index in [0.717, 1.165) is 81.5 Å². The summed E-state index contributed by atoms with van der Waals surface area (Å²) in [6.45, 7) is 4.61. The van der Waals surface area contributed by atoms with Crippen LogP contribution in [0, 0.1) is 35.5 Å². The third-order valence-corrected chi connectivity index (χ3v) is 26.1. The second-order valence-electron chi connectivity index (χ2n) is 33.9. The van der Waals surface area contributed by atoms with Crippen LogP contribution in [-0.4, -0.2) is 0 Å². The number of benzene rings is 8. The van der Waals surface area contributed by atoms with Gasteiger partial charge in [-0.25, -0.2) is 0 Å². The van der Waals surface area contributed by atoms with Crippen molar-refractivity contribution < 1.29 is 18.9 Å². The van der Waals surface area contributed by atoms with Gasteiger partial charge in [0.05, 0.1) is 0 Å². The third kappa shape index (κ3) is 25.9. The molecule has 4 aliphatic carbocycles. The Kier molecular flexibility index (Phi) is 33.4. The predicted octanol–water partition coefficient (Wildman–Crippen LogP) is 30.0. The molecule has 0 saturated heterocycles. The van der Waals surface area contributed by atoms with E-state index in [1.165, 1.54) is 298 Å². The number of nitrogen functional groups attached to an aromatic ring is 4. The van der Waals surface area contributed by atoms with E-state index in [4.69, 9.17) is 41.9 Å². The van der Waals surface area contributed by atoms with Crippen LogP contribution in [-0.2, 0) is 10.8 Å². The maximum absolute atomic E-state index is 6.19. The largest absolute Gasteiger partial charge is 0.457 e. The molecular weight excluding hydrogens is 1330 g/mol. The molecule has 12 rings (SSSR count). The zero-order valence-corrected chi connectivity index (χ0v) is 67.3. The Morgan fingerprint density at radius 1 is 0.239 bits per heavy atom. The number of anilines is 4. The summed E-state index contributed by atoms with van der Waals surface area (Å²) in [7, 11) is 0. The molecule has 0 atom stereocenters. The van der Waals surface area contributed by atoms with Gasteiger partial charge in [-0.2, -0.15) is 0 Å². The summed E-state index contributed by atoms with van der Waals surface area (Å²) in [4.78, 5) is 0. The van der Waals surface area contributed by atoms with Crippen molar-refractivity contribution >= 4 is 22.7 Å². The van der Waals surface area contributed by atoms with Gasteiger partial charge in [0.1, 0.15) is 46.0 Å². The van der Waals surface area contributed by atoms with Gasteiger partial charge >= 0.3 is 0 Å². The van der Waals surface area contributed by atoms with E-state index >= 15 is 0 Å². The first kappa shape index (κ1) is 82.1. The number of hydrogen-bond acceptors (Lipinski definition) is 8. The van der Waals surface area contributed by atoms with Gasteiger partial charge in [-0.3, -0.25) is 0 Å². The summed E-state index contributed by atoms with van der Waals surface area (Å²) in [5.74, 6) is 11.8. The van der Waals surface area contributed by atoms with Crippen LogP contribution in [0.25, 0.3) is 0 Å². The van der Waals surface area contributed by atoms with Crippen molar-refractivity contribution in [3.05, 3.63) is 216 Å². The van der Waals surface area contributed by atoms with E-state index < -0.39 is 0 Å². The van der Waals surface area contributed by atoms with Crippen molar-refractivity contribution in [1.82, 2.24) is 0 Å². The Hall–Kier alpha value is -7.84. The molecule has 0 bridgehead atoms. The molecule has 0 amide bonds. The van der Waals surface area contributed by atoms with Gasteiger partial charge in [0.15, 0.2) is 0 Å². The van der Waals surface area contributed by atoms with Gasteiger partial charge in [-0.05, 0) is 232 Å². The zero-order chi connectivity index (χ0) is 75.6.